The molecule has 0 amide bonds. The summed E-state index contributed by atoms with van der Waals surface area (Å²) in [5.74, 6) is 0.302. The zero-order chi connectivity index (χ0) is 19.1. The molecule has 2 aliphatic rings. The van der Waals surface area contributed by atoms with Gasteiger partial charge in [-0.25, -0.2) is 0 Å². The van der Waals surface area contributed by atoms with Crippen molar-refractivity contribution in [2.24, 2.45) is 0 Å². The zero-order valence-electron chi connectivity index (χ0n) is 14.7. The molecule has 1 fully saturated rings. The Kier molecular flexibility index (Phi) is 5.16. The molecule has 0 spiro atoms. The molecule has 3 atom stereocenters. The van der Waals surface area contributed by atoms with Gasteiger partial charge in [0.1, 0.15) is 11.9 Å². The Morgan fingerprint density at radius 3 is 2.77 bits per heavy atom. The van der Waals surface area contributed by atoms with Crippen LogP contribution < -0.4 is 15.4 Å². The fraction of sp³-hybridized carbons (Fsp3) is 0.750. The number of fused-ring (bicyclic) bond motifs is 1. The number of hydrogen-bond acceptors (Lipinski definition) is 6. The second-order valence-corrected chi connectivity index (χ2v) is 6.87. The van der Waals surface area contributed by atoms with Gasteiger partial charge in [-0.15, -0.1) is 0 Å². The summed E-state index contributed by atoms with van der Waals surface area (Å²) in [6, 6.07) is -0.452. The second-order valence-electron chi connectivity index (χ2n) is 6.87. The van der Waals surface area contributed by atoms with E-state index in [9.17, 15) is 23.1 Å². The van der Waals surface area contributed by atoms with Crippen molar-refractivity contribution in [1.82, 2.24) is 9.55 Å². The average Bonchev–Trinajstić information content (AvgIpc) is 2.54. The predicted octanol–water partition coefficient (Wildman–Crippen LogP) is 0.990. The first-order valence-corrected chi connectivity index (χ1v) is 8.66. The number of alkyl halides is 3. The SMILES string of the molecule is CC(O)CN1c2nc(N3CCOC[C@H]3C)cc(=O)n2CC[C@H]1C(F)(F)F. The summed E-state index contributed by atoms with van der Waals surface area (Å²) in [6.45, 7) is 4.45. The third-order valence-corrected chi connectivity index (χ3v) is 4.73. The minimum atomic E-state index is -4.47. The molecular formula is C16H23F3N4O3. The van der Waals surface area contributed by atoms with E-state index in [1.165, 1.54) is 17.6 Å². The van der Waals surface area contributed by atoms with Crippen LogP contribution >= 0.6 is 0 Å². The zero-order valence-corrected chi connectivity index (χ0v) is 14.7. The summed E-state index contributed by atoms with van der Waals surface area (Å²) >= 11 is 0. The van der Waals surface area contributed by atoms with Crippen molar-refractivity contribution in [3.8, 4) is 0 Å². The number of aliphatic hydroxyl groups is 1. The fourth-order valence-electron chi connectivity index (χ4n) is 3.51. The highest BCUT2D eigenvalue weighted by Gasteiger charge is 2.47. The quantitative estimate of drug-likeness (QED) is 0.849. The molecule has 1 unspecified atom stereocenters. The minimum Gasteiger partial charge on any atom is -0.392 e. The monoisotopic (exact) mass is 376 g/mol. The smallest absolute Gasteiger partial charge is 0.392 e. The molecule has 7 nitrogen and oxygen atoms in total. The van der Waals surface area contributed by atoms with Crippen molar-refractivity contribution < 1.29 is 23.0 Å². The molecule has 146 valence electrons. The molecule has 1 aromatic heterocycles. The molecule has 10 heteroatoms. The van der Waals surface area contributed by atoms with Crippen LogP contribution in [0.25, 0.3) is 0 Å². The largest absolute Gasteiger partial charge is 0.408 e. The highest BCUT2D eigenvalue weighted by molar-refractivity contribution is 5.47. The third-order valence-electron chi connectivity index (χ3n) is 4.73. The van der Waals surface area contributed by atoms with Gasteiger partial charge < -0.3 is 19.6 Å². The molecular weight excluding hydrogens is 353 g/mol. The van der Waals surface area contributed by atoms with E-state index in [1.807, 2.05) is 11.8 Å². The lowest BCUT2D eigenvalue weighted by Gasteiger charge is -2.40. The number of hydrogen-bond donors (Lipinski definition) is 1. The van der Waals surface area contributed by atoms with Gasteiger partial charge in [-0.2, -0.15) is 18.2 Å². The first-order valence-electron chi connectivity index (χ1n) is 8.66. The Bertz CT molecular complexity index is 707. The van der Waals surface area contributed by atoms with E-state index in [2.05, 4.69) is 4.98 Å². The summed E-state index contributed by atoms with van der Waals surface area (Å²) in [5.41, 5.74) is -0.389. The number of ether oxygens (including phenoxy) is 1. The van der Waals surface area contributed by atoms with Crippen LogP contribution in [0.15, 0.2) is 10.9 Å². The Morgan fingerprint density at radius 1 is 1.42 bits per heavy atom. The van der Waals surface area contributed by atoms with Gasteiger partial charge >= 0.3 is 6.18 Å². The summed E-state index contributed by atoms with van der Waals surface area (Å²) < 4.78 is 47.1. The Hall–Kier alpha value is -1.81. The van der Waals surface area contributed by atoms with E-state index in [0.717, 1.165) is 4.90 Å². The number of β-amino-alcohol motifs (C(OH)–C–C–N with tert-alkyl or cyclic N) is 1. The first-order chi connectivity index (χ1) is 12.2. The van der Waals surface area contributed by atoms with Crippen molar-refractivity contribution in [3.63, 3.8) is 0 Å². The van der Waals surface area contributed by atoms with E-state index in [4.69, 9.17) is 4.74 Å². The lowest BCUT2D eigenvalue weighted by atomic mass is 10.1. The van der Waals surface area contributed by atoms with Gasteiger partial charge in [0.2, 0.25) is 5.95 Å². The number of rotatable bonds is 3. The molecule has 0 aliphatic carbocycles. The molecule has 2 aliphatic heterocycles. The van der Waals surface area contributed by atoms with Crippen LogP contribution in [0.2, 0.25) is 0 Å². The maximum absolute atomic E-state index is 13.5. The third kappa shape index (κ3) is 3.66. The number of morpholine rings is 1. The van der Waals surface area contributed by atoms with E-state index in [-0.39, 0.29) is 37.1 Å². The van der Waals surface area contributed by atoms with E-state index in [1.54, 1.807) is 0 Å². The standard InChI is InChI=1S/C16H23F3N4O3/c1-10-9-26-6-5-21(10)13-7-14(25)22-4-3-12(16(17,18)19)23(8-11(2)24)15(22)20-13/h7,10-12,24H,3-6,8-9H2,1-2H3/t10-,11?,12+/m1/s1. The lowest BCUT2D eigenvalue weighted by Crippen LogP contribution is -2.54. The summed E-state index contributed by atoms with van der Waals surface area (Å²) in [4.78, 5) is 19.8. The van der Waals surface area contributed by atoms with Gasteiger partial charge in [0.05, 0.1) is 25.4 Å². The van der Waals surface area contributed by atoms with Crippen LogP contribution in [-0.4, -0.2) is 65.3 Å². The van der Waals surface area contributed by atoms with Crippen molar-refractivity contribution in [2.75, 3.05) is 36.1 Å². The van der Waals surface area contributed by atoms with E-state index in [0.29, 0.717) is 25.6 Å². The molecule has 1 N–H and O–H groups in total. The van der Waals surface area contributed by atoms with E-state index < -0.39 is 18.3 Å². The van der Waals surface area contributed by atoms with Crippen LogP contribution in [0.1, 0.15) is 20.3 Å². The normalized spacial score (nSPS) is 25.2. The average molecular weight is 376 g/mol. The van der Waals surface area contributed by atoms with Gasteiger partial charge in [0.25, 0.3) is 5.56 Å². The molecule has 0 aromatic carbocycles. The molecule has 0 saturated carbocycles. The lowest BCUT2D eigenvalue weighted by molar-refractivity contribution is -0.153. The van der Waals surface area contributed by atoms with Crippen molar-refractivity contribution in [3.05, 3.63) is 16.4 Å². The predicted molar refractivity (Wildman–Crippen MR) is 89.6 cm³/mol. The topological polar surface area (TPSA) is 70.8 Å². The van der Waals surface area contributed by atoms with Gasteiger partial charge in [0.15, 0.2) is 0 Å². The Labute approximate surface area is 149 Å². The molecule has 0 radical (unpaired) electrons. The van der Waals surface area contributed by atoms with Crippen LogP contribution in [0.3, 0.4) is 0 Å². The number of nitrogens with zero attached hydrogens (tertiary/aromatic N) is 4. The van der Waals surface area contributed by atoms with Crippen molar-refractivity contribution in [1.29, 1.82) is 0 Å². The molecule has 3 heterocycles. The fourth-order valence-corrected chi connectivity index (χ4v) is 3.51. The van der Waals surface area contributed by atoms with Gasteiger partial charge in [-0.05, 0) is 20.3 Å². The maximum Gasteiger partial charge on any atom is 0.408 e. The number of aliphatic hydroxyl groups excluding tert-OH is 1. The highest BCUT2D eigenvalue weighted by atomic mass is 19.4. The molecule has 1 aromatic rings. The molecule has 26 heavy (non-hydrogen) atoms. The summed E-state index contributed by atoms with van der Waals surface area (Å²) in [5, 5.41) is 9.69. The van der Waals surface area contributed by atoms with Crippen LogP contribution in [0.5, 0.6) is 0 Å². The summed E-state index contributed by atoms with van der Waals surface area (Å²) in [7, 11) is 0. The van der Waals surface area contributed by atoms with Gasteiger partial charge in [0, 0.05) is 25.7 Å². The summed E-state index contributed by atoms with van der Waals surface area (Å²) in [6.07, 6.45) is -5.72. The van der Waals surface area contributed by atoms with Crippen molar-refractivity contribution in [2.45, 2.75) is 51.2 Å². The Morgan fingerprint density at radius 2 is 2.15 bits per heavy atom. The Balaban J connectivity index is 2.05. The van der Waals surface area contributed by atoms with Gasteiger partial charge in [-0.3, -0.25) is 9.36 Å². The molecule has 0 bridgehead atoms. The number of anilines is 2. The number of halogens is 3. The van der Waals surface area contributed by atoms with E-state index >= 15 is 0 Å². The maximum atomic E-state index is 13.5. The van der Waals surface area contributed by atoms with Gasteiger partial charge in [-0.1, -0.05) is 0 Å². The van der Waals surface area contributed by atoms with Crippen LogP contribution in [0.4, 0.5) is 24.9 Å². The minimum absolute atomic E-state index is 0.0362. The van der Waals surface area contributed by atoms with Crippen LogP contribution in [0, 0.1) is 0 Å². The van der Waals surface area contributed by atoms with Crippen LogP contribution in [-0.2, 0) is 11.3 Å². The molecule has 3 rings (SSSR count). The highest BCUT2D eigenvalue weighted by Crippen LogP contribution is 2.34. The first kappa shape index (κ1) is 19.0. The molecule has 1 saturated heterocycles. The number of aromatic nitrogens is 2. The second kappa shape index (κ2) is 7.07. The van der Waals surface area contributed by atoms with Crippen molar-refractivity contribution >= 4 is 11.8 Å².